The van der Waals surface area contributed by atoms with Gasteiger partial charge in [-0.15, -0.1) is 0 Å². The number of nitrogens with zero attached hydrogens (tertiary/aromatic N) is 6. The lowest BCUT2D eigenvalue weighted by atomic mass is 10.2. The second-order valence-corrected chi connectivity index (χ2v) is 13.5. The van der Waals surface area contributed by atoms with Crippen LogP contribution >= 0.6 is 8.60 Å². The monoisotopic (exact) mass is 688 g/mol. The number of benzene rings is 3. The van der Waals surface area contributed by atoms with Crippen LogP contribution in [0.1, 0.15) is 20.8 Å². The zero-order chi connectivity index (χ0) is 34.3. The molecule has 0 spiro atoms. The molecular weight excluding hydrogens is 643 g/mol. The highest BCUT2D eigenvalue weighted by Gasteiger charge is 2.24. The van der Waals surface area contributed by atoms with Gasteiger partial charge in [-0.3, -0.25) is 14.4 Å². The van der Waals surface area contributed by atoms with Crippen LogP contribution in [0.25, 0.3) is 0 Å². The van der Waals surface area contributed by atoms with Crippen LogP contribution in [-0.2, 0) is 14.4 Å². The van der Waals surface area contributed by atoms with E-state index in [4.69, 9.17) is 13.6 Å². The van der Waals surface area contributed by atoms with Crippen molar-refractivity contribution in [1.29, 1.82) is 0 Å². The fourth-order valence-corrected chi connectivity index (χ4v) is 7.30. The minimum absolute atomic E-state index is 0.112. The van der Waals surface area contributed by atoms with Gasteiger partial charge < -0.3 is 43.0 Å². The van der Waals surface area contributed by atoms with E-state index >= 15 is 0 Å². The molecule has 12 nitrogen and oxygen atoms in total. The van der Waals surface area contributed by atoms with E-state index in [0.717, 1.165) is 56.3 Å². The van der Waals surface area contributed by atoms with Crippen LogP contribution < -0.4 is 28.3 Å². The molecule has 3 aromatic carbocycles. The molecule has 0 aliphatic carbocycles. The first-order chi connectivity index (χ1) is 23.7. The van der Waals surface area contributed by atoms with Crippen LogP contribution in [0, 0.1) is 0 Å². The third-order valence-corrected chi connectivity index (χ3v) is 10.4. The molecule has 3 fully saturated rings. The van der Waals surface area contributed by atoms with E-state index in [1.807, 2.05) is 87.5 Å². The predicted molar refractivity (Wildman–Crippen MR) is 192 cm³/mol. The number of amides is 3. The van der Waals surface area contributed by atoms with Crippen LogP contribution in [0.3, 0.4) is 0 Å². The molecule has 3 aromatic rings. The van der Waals surface area contributed by atoms with Gasteiger partial charge in [0.05, 0.1) is 0 Å². The second kappa shape index (κ2) is 15.7. The summed E-state index contributed by atoms with van der Waals surface area (Å²) in [7, 11) is -1.88. The first kappa shape index (κ1) is 34.2. The minimum Gasteiger partial charge on any atom is -0.409 e. The lowest BCUT2D eigenvalue weighted by Gasteiger charge is -2.35. The molecule has 0 N–H and O–H groups in total. The van der Waals surface area contributed by atoms with Gasteiger partial charge in [-0.2, -0.15) is 0 Å². The van der Waals surface area contributed by atoms with Gasteiger partial charge in [0.2, 0.25) is 17.7 Å². The molecule has 49 heavy (non-hydrogen) atoms. The van der Waals surface area contributed by atoms with Crippen molar-refractivity contribution in [2.75, 3.05) is 93.2 Å². The fourth-order valence-electron chi connectivity index (χ4n) is 6.31. The molecule has 3 aliphatic heterocycles. The minimum atomic E-state index is -1.88. The van der Waals surface area contributed by atoms with Crippen molar-refractivity contribution in [3.63, 3.8) is 0 Å². The predicted octanol–water partition coefficient (Wildman–Crippen LogP) is 4.46. The maximum Gasteiger partial charge on any atom is 0.530 e. The number of carbonyl (C=O) groups excluding carboxylic acids is 3. The van der Waals surface area contributed by atoms with E-state index in [-0.39, 0.29) is 17.7 Å². The van der Waals surface area contributed by atoms with Gasteiger partial charge in [-0.05, 0) is 72.8 Å². The number of rotatable bonds is 9. The summed E-state index contributed by atoms with van der Waals surface area (Å²) in [6, 6.07) is 23.6. The zero-order valence-corrected chi connectivity index (χ0v) is 29.4. The summed E-state index contributed by atoms with van der Waals surface area (Å²) in [5.41, 5.74) is 3.21. The third-order valence-electron chi connectivity index (χ3n) is 9.32. The molecule has 0 atom stereocenters. The normalized spacial score (nSPS) is 16.9. The molecule has 0 radical (unpaired) electrons. The summed E-state index contributed by atoms with van der Waals surface area (Å²) >= 11 is 0. The van der Waals surface area contributed by atoms with Crippen molar-refractivity contribution in [1.82, 2.24) is 14.7 Å². The van der Waals surface area contributed by atoms with Gasteiger partial charge >= 0.3 is 8.60 Å². The Labute approximate surface area is 289 Å². The Balaban J connectivity index is 1.12. The average molecular weight is 689 g/mol. The number of piperazine rings is 3. The molecule has 3 aliphatic rings. The smallest absolute Gasteiger partial charge is 0.409 e. The Morgan fingerprint density at radius 3 is 0.837 bits per heavy atom. The molecule has 3 amide bonds. The summed E-state index contributed by atoms with van der Waals surface area (Å²) in [6.07, 6.45) is 0. The molecule has 0 bridgehead atoms. The zero-order valence-electron chi connectivity index (χ0n) is 28.5. The Bertz CT molecular complexity index is 1380. The molecule has 3 saturated heterocycles. The summed E-state index contributed by atoms with van der Waals surface area (Å²) in [5.74, 6) is 2.20. The lowest BCUT2D eigenvalue weighted by Crippen LogP contribution is -2.48. The fraction of sp³-hybridized carbons (Fsp3) is 0.417. The SMILES string of the molecule is CC(=O)N1CCN(c2ccc(OP(Oc3ccc(N4CCN(C(C)=O)CC4)cc3)Oc3ccc(N4CCN(C(C)=O)CC4)cc3)cc2)CC1. The number of anilines is 3. The quantitative estimate of drug-likeness (QED) is 0.302. The van der Waals surface area contributed by atoms with Gasteiger partial charge in [-0.1, -0.05) is 0 Å². The van der Waals surface area contributed by atoms with Crippen LogP contribution in [0.5, 0.6) is 17.2 Å². The van der Waals surface area contributed by atoms with Crippen LogP contribution in [0.4, 0.5) is 17.1 Å². The Morgan fingerprint density at radius 2 is 0.633 bits per heavy atom. The summed E-state index contributed by atoms with van der Waals surface area (Å²) < 4.78 is 19.0. The molecular formula is C36H45N6O6P. The Kier molecular flexibility index (Phi) is 10.9. The second-order valence-electron chi connectivity index (χ2n) is 12.5. The van der Waals surface area contributed by atoms with Gasteiger partial charge in [0.1, 0.15) is 17.2 Å². The van der Waals surface area contributed by atoms with Crippen LogP contribution in [0.2, 0.25) is 0 Å². The highest BCUT2D eigenvalue weighted by atomic mass is 31.2. The van der Waals surface area contributed by atoms with Crippen molar-refractivity contribution in [2.45, 2.75) is 20.8 Å². The van der Waals surface area contributed by atoms with Gasteiger partial charge in [0.25, 0.3) is 0 Å². The summed E-state index contributed by atoms with van der Waals surface area (Å²) in [5, 5.41) is 0. The van der Waals surface area contributed by atoms with E-state index in [1.54, 1.807) is 20.8 Å². The number of hydrogen-bond donors (Lipinski definition) is 0. The highest BCUT2D eigenvalue weighted by Crippen LogP contribution is 2.43. The molecule has 0 saturated carbocycles. The topological polar surface area (TPSA) is 98.3 Å². The molecule has 0 unspecified atom stereocenters. The third kappa shape index (κ3) is 8.86. The summed E-state index contributed by atoms with van der Waals surface area (Å²) in [4.78, 5) is 47.6. The molecule has 0 aromatic heterocycles. The maximum atomic E-state index is 11.7. The van der Waals surface area contributed by atoms with Crippen LogP contribution in [-0.4, -0.2) is 111 Å². The van der Waals surface area contributed by atoms with E-state index in [1.165, 1.54) is 0 Å². The van der Waals surface area contributed by atoms with Crippen molar-refractivity contribution >= 4 is 43.4 Å². The Hall–Kier alpha value is -4.70. The maximum absolute atomic E-state index is 11.7. The van der Waals surface area contributed by atoms with Crippen LogP contribution in [0.15, 0.2) is 72.8 Å². The lowest BCUT2D eigenvalue weighted by molar-refractivity contribution is -0.129. The van der Waals surface area contributed by atoms with Gasteiger partial charge in [-0.25, -0.2) is 0 Å². The van der Waals surface area contributed by atoms with Crippen molar-refractivity contribution in [3.8, 4) is 17.2 Å². The molecule has 3 heterocycles. The van der Waals surface area contributed by atoms with E-state index < -0.39 is 8.60 Å². The van der Waals surface area contributed by atoms with Crippen molar-refractivity contribution < 1.29 is 28.0 Å². The van der Waals surface area contributed by atoms with Gasteiger partial charge in [0.15, 0.2) is 0 Å². The highest BCUT2D eigenvalue weighted by molar-refractivity contribution is 7.43. The first-order valence-electron chi connectivity index (χ1n) is 16.9. The Morgan fingerprint density at radius 1 is 0.408 bits per heavy atom. The first-order valence-corrected chi connectivity index (χ1v) is 18.0. The summed E-state index contributed by atoms with van der Waals surface area (Å²) in [6.45, 7) is 13.8. The largest absolute Gasteiger partial charge is 0.530 e. The van der Waals surface area contributed by atoms with Gasteiger partial charge in [0, 0.05) is 116 Å². The van der Waals surface area contributed by atoms with E-state index in [9.17, 15) is 14.4 Å². The molecule has 13 heteroatoms. The van der Waals surface area contributed by atoms with Crippen molar-refractivity contribution in [2.24, 2.45) is 0 Å². The standard InChI is InChI=1S/C36H45N6O6P/c1-28(43)37-16-22-40(23-17-37)31-4-10-34(11-5-31)46-49(47-35-12-6-32(7-13-35)41-24-18-38(19-25-41)29(2)44)48-36-14-8-33(9-15-36)42-26-20-39(21-27-42)30(3)45/h4-15H,16-27H2,1-3H3. The number of carbonyl (C=O) groups is 3. The average Bonchev–Trinajstić information content (AvgIpc) is 3.13. The van der Waals surface area contributed by atoms with E-state index in [2.05, 4.69) is 14.7 Å². The van der Waals surface area contributed by atoms with E-state index in [0.29, 0.717) is 56.5 Å². The van der Waals surface area contributed by atoms with Crippen molar-refractivity contribution in [3.05, 3.63) is 72.8 Å². The molecule has 6 rings (SSSR count). The number of hydrogen-bond acceptors (Lipinski definition) is 9. The molecule has 260 valence electrons.